The first-order valence-corrected chi connectivity index (χ1v) is 6.91. The van der Waals surface area contributed by atoms with E-state index in [1.807, 2.05) is 20.8 Å². The molecule has 0 aliphatic carbocycles. The van der Waals surface area contributed by atoms with Crippen LogP contribution in [0.2, 0.25) is 0 Å². The number of amides is 1. The van der Waals surface area contributed by atoms with Gasteiger partial charge in [-0.3, -0.25) is 9.48 Å². The van der Waals surface area contributed by atoms with Crippen LogP contribution in [0.4, 0.5) is 5.69 Å². The van der Waals surface area contributed by atoms with E-state index >= 15 is 0 Å². The number of aromatic nitrogens is 2. The minimum Gasteiger partial charge on any atom is -0.448 e. The number of hydrogen-bond acceptors (Lipinski definition) is 5. The minimum atomic E-state index is -0.905. The van der Waals surface area contributed by atoms with Gasteiger partial charge in [-0.2, -0.15) is 5.10 Å². The van der Waals surface area contributed by atoms with Gasteiger partial charge >= 0.3 is 5.97 Å². The van der Waals surface area contributed by atoms with E-state index in [1.165, 1.54) is 11.6 Å². The zero-order chi connectivity index (χ0) is 16.4. The number of carbonyl (C=O) groups is 2. The van der Waals surface area contributed by atoms with Crippen LogP contribution >= 0.6 is 0 Å². The Morgan fingerprint density at radius 3 is 2.48 bits per heavy atom. The van der Waals surface area contributed by atoms with Crippen LogP contribution in [0.25, 0.3) is 0 Å². The molecule has 1 amide bonds. The Hall–Kier alpha value is -2.05. The van der Waals surface area contributed by atoms with Crippen LogP contribution in [0.5, 0.6) is 0 Å². The molecule has 1 aromatic rings. The van der Waals surface area contributed by atoms with Gasteiger partial charge < -0.3 is 15.8 Å². The molecule has 0 bridgehead atoms. The van der Waals surface area contributed by atoms with E-state index in [4.69, 9.17) is 10.5 Å². The molecule has 0 fully saturated rings. The first kappa shape index (κ1) is 17.0. The molecular weight excluding hydrogens is 272 g/mol. The van der Waals surface area contributed by atoms with E-state index in [0.29, 0.717) is 5.69 Å². The molecule has 7 nitrogen and oxygen atoms in total. The van der Waals surface area contributed by atoms with Gasteiger partial charge in [-0.1, -0.05) is 6.92 Å². The van der Waals surface area contributed by atoms with Crippen molar-refractivity contribution in [1.29, 1.82) is 0 Å². The van der Waals surface area contributed by atoms with Gasteiger partial charge in [0.05, 0.1) is 11.4 Å². The number of ether oxygens (including phenoxy) is 1. The summed E-state index contributed by atoms with van der Waals surface area (Å²) in [6.07, 6.45) is -0.134. The molecule has 1 unspecified atom stereocenters. The molecule has 1 aromatic heterocycles. The first-order valence-electron chi connectivity index (χ1n) is 6.91. The Balaban J connectivity index is 2.77. The van der Waals surface area contributed by atoms with E-state index < -0.39 is 12.1 Å². The average molecular weight is 296 g/mol. The minimum absolute atomic E-state index is 0.155. The van der Waals surface area contributed by atoms with Gasteiger partial charge in [-0.25, -0.2) is 4.79 Å². The second-order valence-corrected chi connectivity index (χ2v) is 5.75. The van der Waals surface area contributed by atoms with Crippen LogP contribution in [0, 0.1) is 6.92 Å². The van der Waals surface area contributed by atoms with Crippen molar-refractivity contribution in [2.45, 2.75) is 52.7 Å². The van der Waals surface area contributed by atoms with Crippen LogP contribution in [-0.4, -0.2) is 33.3 Å². The van der Waals surface area contributed by atoms with Gasteiger partial charge in [0, 0.05) is 12.6 Å². The van der Waals surface area contributed by atoms with Crippen molar-refractivity contribution in [3.8, 4) is 0 Å². The highest BCUT2D eigenvalue weighted by Gasteiger charge is 2.27. The van der Waals surface area contributed by atoms with Crippen molar-refractivity contribution < 1.29 is 14.3 Å². The third-order valence-corrected chi connectivity index (χ3v) is 3.46. The number of nitrogen functional groups attached to an aromatic ring is 1. The normalized spacial score (nSPS) is 12.9. The van der Waals surface area contributed by atoms with Crippen molar-refractivity contribution in [2.24, 2.45) is 7.05 Å². The lowest BCUT2D eigenvalue weighted by molar-refractivity contribution is -0.130. The molecule has 0 aliphatic heterocycles. The number of carbonyl (C=O) groups excluding carboxylic acids is 2. The molecule has 0 saturated heterocycles. The topological polar surface area (TPSA) is 99.2 Å². The zero-order valence-corrected chi connectivity index (χ0v) is 13.5. The number of aryl methyl sites for hydroxylation is 2. The number of anilines is 1. The zero-order valence-electron chi connectivity index (χ0n) is 13.5. The number of nitrogens with one attached hydrogen (secondary N) is 1. The lowest BCUT2D eigenvalue weighted by Gasteiger charge is -2.26. The number of nitrogens with zero attached hydrogens (tertiary/aromatic N) is 2. The van der Waals surface area contributed by atoms with Crippen LogP contribution < -0.4 is 11.1 Å². The van der Waals surface area contributed by atoms with Gasteiger partial charge in [0.2, 0.25) is 0 Å². The molecule has 0 aromatic carbocycles. The van der Waals surface area contributed by atoms with Gasteiger partial charge in [0.1, 0.15) is 0 Å². The Morgan fingerprint density at radius 2 is 2.05 bits per heavy atom. The third-order valence-electron chi connectivity index (χ3n) is 3.46. The lowest BCUT2D eigenvalue weighted by atomic mass is 10.0. The second kappa shape index (κ2) is 6.15. The molecule has 1 atom stereocenters. The summed E-state index contributed by atoms with van der Waals surface area (Å²) in [4.78, 5) is 24.1. The van der Waals surface area contributed by atoms with Crippen molar-refractivity contribution in [1.82, 2.24) is 15.1 Å². The summed E-state index contributed by atoms with van der Waals surface area (Å²) in [6.45, 7) is 9.00. The highest BCUT2D eigenvalue weighted by Crippen LogP contribution is 2.17. The monoisotopic (exact) mass is 296 g/mol. The van der Waals surface area contributed by atoms with Crippen LogP contribution in [0.15, 0.2) is 0 Å². The average Bonchev–Trinajstić information content (AvgIpc) is 2.62. The molecular formula is C14H24N4O3. The van der Waals surface area contributed by atoms with Gasteiger partial charge in [-0.15, -0.1) is 0 Å². The van der Waals surface area contributed by atoms with E-state index in [2.05, 4.69) is 10.4 Å². The summed E-state index contributed by atoms with van der Waals surface area (Å²) in [5, 5.41) is 6.87. The van der Waals surface area contributed by atoms with Crippen LogP contribution in [0.3, 0.4) is 0 Å². The molecule has 7 heteroatoms. The molecule has 1 heterocycles. The molecule has 0 aliphatic rings. The SMILES string of the molecule is CCC(C)(C)NC(=O)C(C)OC(=O)c1c(N)c(C)nn1C. The maximum absolute atomic E-state index is 12.1. The summed E-state index contributed by atoms with van der Waals surface area (Å²) in [6, 6.07) is 0. The first-order chi connectivity index (χ1) is 9.59. The molecule has 1 rings (SSSR count). The van der Waals surface area contributed by atoms with Crippen LogP contribution in [0.1, 0.15) is 50.3 Å². The summed E-state index contributed by atoms with van der Waals surface area (Å²) >= 11 is 0. The molecule has 3 N–H and O–H groups in total. The van der Waals surface area contributed by atoms with E-state index in [0.717, 1.165) is 6.42 Å². The standard InChI is InChI=1S/C14H24N4O3/c1-7-14(4,5)16-12(19)9(3)21-13(20)11-10(15)8(2)17-18(11)6/h9H,7,15H2,1-6H3,(H,16,19). The van der Waals surface area contributed by atoms with E-state index in [1.54, 1.807) is 14.0 Å². The van der Waals surface area contributed by atoms with E-state index in [9.17, 15) is 9.59 Å². The predicted molar refractivity (Wildman–Crippen MR) is 79.7 cm³/mol. The van der Waals surface area contributed by atoms with Crippen LogP contribution in [-0.2, 0) is 16.6 Å². The highest BCUT2D eigenvalue weighted by molar-refractivity contribution is 5.95. The molecule has 21 heavy (non-hydrogen) atoms. The van der Waals surface area contributed by atoms with Gasteiger partial charge in [0.15, 0.2) is 11.8 Å². The Labute approximate surface area is 124 Å². The fraction of sp³-hybridized carbons (Fsp3) is 0.643. The van der Waals surface area contributed by atoms with Crippen molar-refractivity contribution in [3.63, 3.8) is 0 Å². The largest absolute Gasteiger partial charge is 0.448 e. The summed E-state index contributed by atoms with van der Waals surface area (Å²) in [5.74, 6) is -1.000. The fourth-order valence-electron chi connectivity index (χ4n) is 1.71. The number of esters is 1. The quantitative estimate of drug-likeness (QED) is 0.794. The Morgan fingerprint density at radius 1 is 1.48 bits per heavy atom. The molecule has 0 radical (unpaired) electrons. The van der Waals surface area contributed by atoms with Crippen molar-refractivity contribution in [3.05, 3.63) is 11.4 Å². The summed E-state index contributed by atoms with van der Waals surface area (Å²) in [7, 11) is 1.60. The smallest absolute Gasteiger partial charge is 0.359 e. The fourth-order valence-corrected chi connectivity index (χ4v) is 1.71. The van der Waals surface area contributed by atoms with Gasteiger partial charge in [0.25, 0.3) is 5.91 Å². The van der Waals surface area contributed by atoms with E-state index in [-0.39, 0.29) is 22.8 Å². The van der Waals surface area contributed by atoms with Gasteiger partial charge in [-0.05, 0) is 34.1 Å². The maximum Gasteiger partial charge on any atom is 0.359 e. The number of nitrogens with two attached hydrogens (primary N) is 1. The summed E-state index contributed by atoms with van der Waals surface area (Å²) < 4.78 is 6.53. The number of rotatable bonds is 5. The predicted octanol–water partition coefficient (Wildman–Crippen LogP) is 1.16. The number of hydrogen-bond donors (Lipinski definition) is 2. The third kappa shape index (κ3) is 3.96. The molecule has 0 spiro atoms. The molecule has 118 valence electrons. The summed E-state index contributed by atoms with van der Waals surface area (Å²) in [5.41, 5.74) is 6.42. The highest BCUT2D eigenvalue weighted by atomic mass is 16.5. The molecule has 0 saturated carbocycles. The Bertz CT molecular complexity index is 549. The van der Waals surface area contributed by atoms with Crippen molar-refractivity contribution >= 4 is 17.6 Å². The van der Waals surface area contributed by atoms with Crippen molar-refractivity contribution in [2.75, 3.05) is 5.73 Å². The maximum atomic E-state index is 12.1. The Kier molecular flexibility index (Phi) is 4.98. The lowest BCUT2D eigenvalue weighted by Crippen LogP contribution is -2.47. The second-order valence-electron chi connectivity index (χ2n) is 5.75.